The number of hydrogen-bond donors (Lipinski definition) is 1. The summed E-state index contributed by atoms with van der Waals surface area (Å²) in [6, 6.07) is 0.127. The van der Waals surface area contributed by atoms with Crippen LogP contribution in [0.4, 0.5) is 4.79 Å². The Morgan fingerprint density at radius 1 is 1.33 bits per heavy atom. The molecule has 2 atom stereocenters. The van der Waals surface area contributed by atoms with Gasteiger partial charge in [-0.05, 0) is 24.7 Å². The van der Waals surface area contributed by atoms with Gasteiger partial charge < -0.3 is 10.2 Å². The van der Waals surface area contributed by atoms with E-state index in [1.807, 2.05) is 4.90 Å². The molecule has 0 aromatic rings. The molecule has 0 radical (unpaired) electrons. The van der Waals surface area contributed by atoms with E-state index in [4.69, 9.17) is 0 Å². The van der Waals surface area contributed by atoms with Gasteiger partial charge in [-0.25, -0.2) is 4.79 Å². The minimum absolute atomic E-state index is 0.127. The molecule has 3 nitrogen and oxygen atoms in total. The van der Waals surface area contributed by atoms with Crippen molar-refractivity contribution in [3.63, 3.8) is 0 Å². The maximum absolute atomic E-state index is 11.8. The van der Waals surface area contributed by atoms with Crippen molar-refractivity contribution in [3.05, 3.63) is 0 Å². The van der Waals surface area contributed by atoms with Crippen LogP contribution in [0, 0.1) is 11.8 Å². The lowest BCUT2D eigenvalue weighted by molar-refractivity contribution is 0.146. The third-order valence-corrected chi connectivity index (χ3v) is 2.96. The molecule has 0 unspecified atom stereocenters. The zero-order valence-corrected chi connectivity index (χ0v) is 10.3. The first-order valence-corrected chi connectivity index (χ1v) is 6.16. The van der Waals surface area contributed by atoms with Gasteiger partial charge in [0.1, 0.15) is 0 Å². The fraction of sp³-hybridized carbons (Fsp3) is 0.917. The number of nitrogens with one attached hydrogen (secondary N) is 1. The van der Waals surface area contributed by atoms with Gasteiger partial charge in [-0.2, -0.15) is 0 Å². The molecule has 1 N–H and O–H groups in total. The third kappa shape index (κ3) is 4.10. The molecule has 0 aromatic heterocycles. The van der Waals surface area contributed by atoms with Crippen molar-refractivity contribution in [2.75, 3.05) is 19.6 Å². The molecule has 0 bridgehead atoms. The number of amides is 2. The molecular formula is C12H24N2O. The van der Waals surface area contributed by atoms with Crippen LogP contribution in [0.1, 0.15) is 40.0 Å². The van der Waals surface area contributed by atoms with Crippen molar-refractivity contribution >= 4 is 6.03 Å². The Kier molecular flexibility index (Phi) is 4.92. The van der Waals surface area contributed by atoms with Gasteiger partial charge in [-0.15, -0.1) is 0 Å². The number of piperidine rings is 1. The number of rotatable bonds is 3. The maximum atomic E-state index is 11.8. The second-order valence-electron chi connectivity index (χ2n) is 4.94. The van der Waals surface area contributed by atoms with Gasteiger partial charge in [-0.3, -0.25) is 0 Å². The quantitative estimate of drug-likeness (QED) is 0.716. The van der Waals surface area contributed by atoms with Gasteiger partial charge >= 0.3 is 6.03 Å². The third-order valence-electron chi connectivity index (χ3n) is 2.96. The van der Waals surface area contributed by atoms with Gasteiger partial charge in [0, 0.05) is 19.6 Å². The number of likely N-dealkylation sites (tertiary alicyclic amines) is 1. The summed E-state index contributed by atoms with van der Waals surface area (Å²) in [7, 11) is 0. The van der Waals surface area contributed by atoms with Crippen LogP contribution < -0.4 is 5.32 Å². The zero-order valence-electron chi connectivity index (χ0n) is 10.3. The van der Waals surface area contributed by atoms with E-state index in [1.54, 1.807) is 0 Å². The minimum atomic E-state index is 0.127. The lowest BCUT2D eigenvalue weighted by atomic mass is 9.92. The van der Waals surface area contributed by atoms with Crippen molar-refractivity contribution in [2.24, 2.45) is 11.8 Å². The summed E-state index contributed by atoms with van der Waals surface area (Å²) in [5.74, 6) is 1.29. The van der Waals surface area contributed by atoms with Gasteiger partial charge in [0.05, 0.1) is 0 Å². The van der Waals surface area contributed by atoms with Gasteiger partial charge in [0.15, 0.2) is 0 Å². The van der Waals surface area contributed by atoms with Crippen molar-refractivity contribution in [2.45, 2.75) is 40.0 Å². The standard InChI is InChI=1S/C12H24N2O/c1-4-5-6-13-12(15)14-8-10(2)7-11(3)9-14/h10-11H,4-9H2,1-3H3,(H,13,15)/t10-,11-/m1/s1. The van der Waals surface area contributed by atoms with Crippen LogP contribution in [0.25, 0.3) is 0 Å². The molecule has 0 aromatic carbocycles. The number of hydrogen-bond acceptors (Lipinski definition) is 1. The molecule has 15 heavy (non-hydrogen) atoms. The highest BCUT2D eigenvalue weighted by Gasteiger charge is 2.24. The number of carbonyl (C=O) groups excluding carboxylic acids is 1. The molecule has 88 valence electrons. The summed E-state index contributed by atoms with van der Waals surface area (Å²) < 4.78 is 0. The first-order valence-electron chi connectivity index (χ1n) is 6.16. The molecule has 1 aliphatic heterocycles. The Balaban J connectivity index is 2.31. The Morgan fingerprint density at radius 3 is 2.47 bits per heavy atom. The van der Waals surface area contributed by atoms with Crippen LogP contribution in [0.3, 0.4) is 0 Å². The summed E-state index contributed by atoms with van der Waals surface area (Å²) >= 11 is 0. The van der Waals surface area contributed by atoms with Crippen molar-refractivity contribution < 1.29 is 4.79 Å². The number of urea groups is 1. The summed E-state index contributed by atoms with van der Waals surface area (Å²) in [5, 5.41) is 2.98. The maximum Gasteiger partial charge on any atom is 0.317 e. The van der Waals surface area contributed by atoms with Gasteiger partial charge in [0.25, 0.3) is 0 Å². The molecule has 1 heterocycles. The molecule has 1 saturated heterocycles. The normalized spacial score (nSPS) is 26.5. The van der Waals surface area contributed by atoms with Crippen LogP contribution in [-0.2, 0) is 0 Å². The Hall–Kier alpha value is -0.730. The SMILES string of the molecule is CCCCNC(=O)N1C[C@H](C)C[C@@H](C)C1. The largest absolute Gasteiger partial charge is 0.338 e. The van der Waals surface area contributed by atoms with E-state index in [9.17, 15) is 4.79 Å². The Bertz CT molecular complexity index is 196. The molecule has 3 heteroatoms. The average molecular weight is 212 g/mol. The first-order chi connectivity index (χ1) is 7.13. The molecule has 0 aliphatic carbocycles. The van der Waals surface area contributed by atoms with Crippen LogP contribution in [0.15, 0.2) is 0 Å². The summed E-state index contributed by atoms with van der Waals surface area (Å²) in [6.07, 6.45) is 3.45. The summed E-state index contributed by atoms with van der Waals surface area (Å²) in [5.41, 5.74) is 0. The predicted molar refractivity (Wildman–Crippen MR) is 62.8 cm³/mol. The van der Waals surface area contributed by atoms with Crippen molar-refractivity contribution in [3.8, 4) is 0 Å². The van der Waals surface area contributed by atoms with E-state index < -0.39 is 0 Å². The highest BCUT2D eigenvalue weighted by molar-refractivity contribution is 5.74. The van der Waals surface area contributed by atoms with Crippen LogP contribution >= 0.6 is 0 Å². The monoisotopic (exact) mass is 212 g/mol. The van der Waals surface area contributed by atoms with E-state index in [2.05, 4.69) is 26.1 Å². The average Bonchev–Trinajstić information content (AvgIpc) is 2.16. The van der Waals surface area contributed by atoms with E-state index in [-0.39, 0.29) is 6.03 Å². The molecular weight excluding hydrogens is 188 g/mol. The molecule has 1 rings (SSSR count). The van der Waals surface area contributed by atoms with E-state index >= 15 is 0 Å². The highest BCUT2D eigenvalue weighted by atomic mass is 16.2. The Labute approximate surface area is 93.2 Å². The van der Waals surface area contributed by atoms with Crippen molar-refractivity contribution in [1.29, 1.82) is 0 Å². The summed E-state index contributed by atoms with van der Waals surface area (Å²) in [6.45, 7) is 9.24. The number of nitrogens with zero attached hydrogens (tertiary/aromatic N) is 1. The predicted octanol–water partition coefficient (Wildman–Crippen LogP) is 2.47. The second kappa shape index (κ2) is 5.99. The highest BCUT2D eigenvalue weighted by Crippen LogP contribution is 2.20. The minimum Gasteiger partial charge on any atom is -0.338 e. The van der Waals surface area contributed by atoms with Crippen LogP contribution in [-0.4, -0.2) is 30.6 Å². The number of carbonyl (C=O) groups is 1. The lowest BCUT2D eigenvalue weighted by Gasteiger charge is -2.34. The molecule has 0 spiro atoms. The Morgan fingerprint density at radius 2 is 1.93 bits per heavy atom. The van der Waals surface area contributed by atoms with E-state index in [0.717, 1.165) is 32.5 Å². The first kappa shape index (κ1) is 12.3. The molecule has 1 fully saturated rings. The second-order valence-corrected chi connectivity index (χ2v) is 4.94. The fourth-order valence-electron chi connectivity index (χ4n) is 2.31. The smallest absolute Gasteiger partial charge is 0.317 e. The number of unbranched alkanes of at least 4 members (excludes halogenated alkanes) is 1. The lowest BCUT2D eigenvalue weighted by Crippen LogP contribution is -2.47. The fourth-order valence-corrected chi connectivity index (χ4v) is 2.31. The molecule has 2 amide bonds. The molecule has 0 saturated carbocycles. The summed E-state index contributed by atoms with van der Waals surface area (Å²) in [4.78, 5) is 13.7. The van der Waals surface area contributed by atoms with Crippen LogP contribution in [0.2, 0.25) is 0 Å². The van der Waals surface area contributed by atoms with Crippen molar-refractivity contribution in [1.82, 2.24) is 10.2 Å². The van der Waals surface area contributed by atoms with Gasteiger partial charge in [0.2, 0.25) is 0 Å². The van der Waals surface area contributed by atoms with Gasteiger partial charge in [-0.1, -0.05) is 27.2 Å². The molecule has 1 aliphatic rings. The zero-order chi connectivity index (χ0) is 11.3. The van der Waals surface area contributed by atoms with E-state index in [0.29, 0.717) is 11.8 Å². The van der Waals surface area contributed by atoms with Crippen LogP contribution in [0.5, 0.6) is 0 Å². The van der Waals surface area contributed by atoms with E-state index in [1.165, 1.54) is 6.42 Å². The topological polar surface area (TPSA) is 32.3 Å².